The van der Waals surface area contributed by atoms with Crippen LogP contribution in [0.5, 0.6) is 5.75 Å². The Bertz CT molecular complexity index is 560. The molecule has 23 heavy (non-hydrogen) atoms. The first-order valence-electron chi connectivity index (χ1n) is 8.25. The average molecular weight is 319 g/mol. The van der Waals surface area contributed by atoms with E-state index in [1.54, 1.807) is 0 Å². The molecule has 3 rings (SSSR count). The van der Waals surface area contributed by atoms with Gasteiger partial charge in [-0.1, -0.05) is 17.7 Å². The van der Waals surface area contributed by atoms with Gasteiger partial charge < -0.3 is 19.1 Å². The highest BCUT2D eigenvalue weighted by molar-refractivity contribution is 5.78. The fourth-order valence-electron chi connectivity index (χ4n) is 3.50. The van der Waals surface area contributed by atoms with Crippen molar-refractivity contribution in [3.8, 4) is 5.75 Å². The van der Waals surface area contributed by atoms with Gasteiger partial charge in [-0.2, -0.15) is 0 Å². The van der Waals surface area contributed by atoms with Crippen LogP contribution < -0.4 is 4.74 Å². The zero-order valence-electron chi connectivity index (χ0n) is 14.2. The zero-order chi connectivity index (χ0) is 16.4. The molecule has 1 aromatic carbocycles. The fraction of sp³-hybridized carbons (Fsp3) is 0.611. The molecule has 0 unspecified atom stereocenters. The van der Waals surface area contributed by atoms with Crippen molar-refractivity contribution in [2.75, 3.05) is 32.9 Å². The summed E-state index contributed by atoms with van der Waals surface area (Å²) in [5.41, 5.74) is 3.35. The van der Waals surface area contributed by atoms with Crippen molar-refractivity contribution < 1.29 is 19.0 Å². The Labute approximate surface area is 137 Å². The van der Waals surface area contributed by atoms with E-state index in [9.17, 15) is 4.79 Å². The van der Waals surface area contributed by atoms with Crippen molar-refractivity contribution in [2.45, 2.75) is 39.4 Å². The van der Waals surface area contributed by atoms with Crippen LogP contribution in [0, 0.1) is 20.8 Å². The van der Waals surface area contributed by atoms with E-state index in [-0.39, 0.29) is 12.5 Å². The number of amides is 1. The molecule has 0 radical (unpaired) electrons. The van der Waals surface area contributed by atoms with Gasteiger partial charge in [0.25, 0.3) is 5.91 Å². The largest absolute Gasteiger partial charge is 0.483 e. The van der Waals surface area contributed by atoms with Crippen LogP contribution in [-0.2, 0) is 14.3 Å². The Balaban J connectivity index is 1.54. The molecule has 1 spiro atoms. The predicted molar refractivity (Wildman–Crippen MR) is 86.6 cm³/mol. The van der Waals surface area contributed by atoms with Crippen LogP contribution in [0.3, 0.4) is 0 Å². The number of benzene rings is 1. The average Bonchev–Trinajstić information content (AvgIpc) is 2.95. The van der Waals surface area contributed by atoms with Crippen LogP contribution in [0.25, 0.3) is 0 Å². The Morgan fingerprint density at radius 3 is 2.26 bits per heavy atom. The van der Waals surface area contributed by atoms with Crippen LogP contribution in [0.15, 0.2) is 12.1 Å². The van der Waals surface area contributed by atoms with Gasteiger partial charge in [-0.05, 0) is 31.9 Å². The van der Waals surface area contributed by atoms with Crippen LogP contribution >= 0.6 is 0 Å². The van der Waals surface area contributed by atoms with Crippen molar-refractivity contribution in [2.24, 2.45) is 0 Å². The first kappa shape index (κ1) is 16.3. The second-order valence-corrected chi connectivity index (χ2v) is 6.50. The number of hydrogen-bond acceptors (Lipinski definition) is 4. The van der Waals surface area contributed by atoms with E-state index in [4.69, 9.17) is 14.2 Å². The standard InChI is InChI=1S/C18H25NO4/c1-13-10-14(2)17(15(3)11-13)21-12-16(20)19-6-4-18(5-7-19)22-8-9-23-18/h10-11H,4-9,12H2,1-3H3. The van der Waals surface area contributed by atoms with Gasteiger partial charge in [-0.15, -0.1) is 0 Å². The van der Waals surface area contributed by atoms with E-state index in [2.05, 4.69) is 19.1 Å². The Kier molecular flexibility index (Phi) is 4.60. The van der Waals surface area contributed by atoms with E-state index in [1.807, 2.05) is 18.7 Å². The maximum Gasteiger partial charge on any atom is 0.260 e. The smallest absolute Gasteiger partial charge is 0.260 e. The molecule has 2 fully saturated rings. The van der Waals surface area contributed by atoms with Gasteiger partial charge >= 0.3 is 0 Å². The Morgan fingerprint density at radius 2 is 1.70 bits per heavy atom. The van der Waals surface area contributed by atoms with Crippen LogP contribution in [0.2, 0.25) is 0 Å². The number of rotatable bonds is 3. The SMILES string of the molecule is Cc1cc(C)c(OCC(=O)N2CCC3(CC2)OCCO3)c(C)c1. The molecule has 5 heteroatoms. The second kappa shape index (κ2) is 6.49. The molecule has 2 aliphatic heterocycles. The minimum absolute atomic E-state index is 0.0252. The topological polar surface area (TPSA) is 48.0 Å². The number of aryl methyl sites for hydroxylation is 3. The van der Waals surface area contributed by atoms with E-state index < -0.39 is 5.79 Å². The number of piperidine rings is 1. The van der Waals surface area contributed by atoms with E-state index in [0.29, 0.717) is 26.3 Å². The molecule has 0 atom stereocenters. The van der Waals surface area contributed by atoms with Gasteiger partial charge in [0.1, 0.15) is 5.75 Å². The summed E-state index contributed by atoms with van der Waals surface area (Å²) in [4.78, 5) is 14.2. The quantitative estimate of drug-likeness (QED) is 0.858. The maximum atomic E-state index is 12.4. The lowest BCUT2D eigenvalue weighted by Gasteiger charge is -2.37. The third kappa shape index (κ3) is 3.51. The van der Waals surface area contributed by atoms with Gasteiger partial charge in [0.05, 0.1) is 13.2 Å². The van der Waals surface area contributed by atoms with Crippen LogP contribution in [0.1, 0.15) is 29.5 Å². The van der Waals surface area contributed by atoms with Crippen molar-refractivity contribution >= 4 is 5.91 Å². The van der Waals surface area contributed by atoms with E-state index in [0.717, 1.165) is 29.7 Å². The van der Waals surface area contributed by atoms with E-state index >= 15 is 0 Å². The molecule has 2 heterocycles. The van der Waals surface area contributed by atoms with Crippen LogP contribution in [-0.4, -0.2) is 49.5 Å². The lowest BCUT2D eigenvalue weighted by molar-refractivity contribution is -0.187. The monoisotopic (exact) mass is 319 g/mol. The highest BCUT2D eigenvalue weighted by Crippen LogP contribution is 2.31. The van der Waals surface area contributed by atoms with Gasteiger partial charge in [0.15, 0.2) is 12.4 Å². The third-order valence-corrected chi connectivity index (χ3v) is 4.64. The Hall–Kier alpha value is -1.59. The predicted octanol–water partition coefficient (Wildman–Crippen LogP) is 2.36. The number of carbonyl (C=O) groups excluding carboxylic acids is 1. The molecule has 2 aliphatic rings. The summed E-state index contributed by atoms with van der Waals surface area (Å²) < 4.78 is 17.2. The number of hydrogen-bond donors (Lipinski definition) is 0. The summed E-state index contributed by atoms with van der Waals surface area (Å²) in [7, 11) is 0. The molecule has 0 aromatic heterocycles. The number of likely N-dealkylation sites (tertiary alicyclic amines) is 1. The van der Waals surface area contributed by atoms with Gasteiger partial charge in [0.2, 0.25) is 0 Å². The number of ether oxygens (including phenoxy) is 3. The summed E-state index contributed by atoms with van der Waals surface area (Å²) in [6.07, 6.45) is 1.47. The molecule has 1 amide bonds. The molecule has 2 saturated heterocycles. The normalized spacial score (nSPS) is 20.0. The zero-order valence-corrected chi connectivity index (χ0v) is 14.2. The minimum atomic E-state index is -0.443. The van der Waals surface area contributed by atoms with Gasteiger partial charge in [-0.3, -0.25) is 4.79 Å². The minimum Gasteiger partial charge on any atom is -0.483 e. The molecular formula is C18H25NO4. The summed E-state index contributed by atoms with van der Waals surface area (Å²) in [6.45, 7) is 8.80. The first-order valence-corrected chi connectivity index (χ1v) is 8.25. The number of nitrogens with zero attached hydrogens (tertiary/aromatic N) is 1. The number of carbonyl (C=O) groups is 1. The lowest BCUT2D eigenvalue weighted by atomic mass is 10.0. The highest BCUT2D eigenvalue weighted by Gasteiger charge is 2.40. The lowest BCUT2D eigenvalue weighted by Crippen LogP contribution is -2.48. The molecule has 0 N–H and O–H groups in total. The molecule has 5 nitrogen and oxygen atoms in total. The van der Waals surface area contributed by atoms with Crippen LogP contribution in [0.4, 0.5) is 0 Å². The molecule has 0 aliphatic carbocycles. The fourth-order valence-corrected chi connectivity index (χ4v) is 3.50. The van der Waals surface area contributed by atoms with Crippen molar-refractivity contribution in [1.29, 1.82) is 0 Å². The molecule has 0 saturated carbocycles. The third-order valence-electron chi connectivity index (χ3n) is 4.64. The van der Waals surface area contributed by atoms with Gasteiger partial charge in [-0.25, -0.2) is 0 Å². The van der Waals surface area contributed by atoms with Crippen molar-refractivity contribution in [3.05, 3.63) is 28.8 Å². The maximum absolute atomic E-state index is 12.4. The second-order valence-electron chi connectivity index (χ2n) is 6.50. The Morgan fingerprint density at radius 1 is 1.13 bits per heavy atom. The molecular weight excluding hydrogens is 294 g/mol. The van der Waals surface area contributed by atoms with E-state index in [1.165, 1.54) is 5.56 Å². The summed E-state index contributed by atoms with van der Waals surface area (Å²) >= 11 is 0. The van der Waals surface area contributed by atoms with Gasteiger partial charge in [0, 0.05) is 25.9 Å². The summed E-state index contributed by atoms with van der Waals surface area (Å²) in [5, 5.41) is 0. The van der Waals surface area contributed by atoms with Crippen molar-refractivity contribution in [3.63, 3.8) is 0 Å². The molecule has 0 bridgehead atoms. The highest BCUT2D eigenvalue weighted by atomic mass is 16.7. The van der Waals surface area contributed by atoms with Crippen molar-refractivity contribution in [1.82, 2.24) is 4.90 Å². The molecule has 126 valence electrons. The first-order chi connectivity index (χ1) is 11.0. The summed E-state index contributed by atoms with van der Waals surface area (Å²) in [6, 6.07) is 4.15. The molecule has 1 aromatic rings. The summed E-state index contributed by atoms with van der Waals surface area (Å²) in [5.74, 6) is 0.402.